The highest BCUT2D eigenvalue weighted by atomic mass is 35.5. The lowest BCUT2D eigenvalue weighted by atomic mass is 10.1. The highest BCUT2D eigenvalue weighted by Gasteiger charge is 2.49. The first-order chi connectivity index (χ1) is 13.8. The molecule has 0 aliphatic carbocycles. The molecule has 0 N–H and O–H groups in total. The van der Waals surface area contributed by atoms with Gasteiger partial charge in [0.2, 0.25) is 0 Å². The van der Waals surface area contributed by atoms with Crippen molar-refractivity contribution in [1.29, 1.82) is 0 Å². The third kappa shape index (κ3) is 4.60. The van der Waals surface area contributed by atoms with Gasteiger partial charge in [0.1, 0.15) is 5.75 Å². The Labute approximate surface area is 178 Å². The summed E-state index contributed by atoms with van der Waals surface area (Å²) in [6.07, 6.45) is 0. The van der Waals surface area contributed by atoms with Crippen molar-refractivity contribution in [3.63, 3.8) is 0 Å². The number of benzene rings is 2. The molecule has 2 aliphatic rings. The van der Waals surface area contributed by atoms with Crippen molar-refractivity contribution in [2.24, 2.45) is 4.99 Å². The average Bonchev–Trinajstić information content (AvgIpc) is 3.12. The van der Waals surface area contributed by atoms with E-state index in [1.165, 1.54) is 11.8 Å². The van der Waals surface area contributed by atoms with E-state index in [-0.39, 0.29) is 29.4 Å². The quantitative estimate of drug-likeness (QED) is 0.711. The molecule has 9 heteroatoms. The van der Waals surface area contributed by atoms with Crippen LogP contribution >= 0.6 is 23.4 Å². The summed E-state index contributed by atoms with van der Waals surface area (Å²) in [5.74, 6) is 0.259. The van der Waals surface area contributed by atoms with Crippen LogP contribution < -0.4 is 9.64 Å². The van der Waals surface area contributed by atoms with Crippen molar-refractivity contribution in [2.75, 3.05) is 23.0 Å². The van der Waals surface area contributed by atoms with Crippen LogP contribution in [-0.2, 0) is 14.6 Å². The van der Waals surface area contributed by atoms with E-state index >= 15 is 0 Å². The fraction of sp³-hybridized carbons (Fsp3) is 0.300. The van der Waals surface area contributed by atoms with E-state index in [0.717, 1.165) is 11.3 Å². The second-order valence-corrected chi connectivity index (χ2v) is 10.8. The van der Waals surface area contributed by atoms with Crippen molar-refractivity contribution in [2.45, 2.75) is 18.2 Å². The number of thioether (sulfide) groups is 1. The Kier molecular flexibility index (Phi) is 5.59. The largest absolute Gasteiger partial charge is 0.484 e. The van der Waals surface area contributed by atoms with Gasteiger partial charge in [-0.3, -0.25) is 4.79 Å². The Bertz CT molecular complexity index is 1070. The zero-order valence-electron chi connectivity index (χ0n) is 15.6. The minimum absolute atomic E-state index is 0.0626. The number of ether oxygens (including phenoxy) is 1. The molecule has 0 radical (unpaired) electrons. The van der Waals surface area contributed by atoms with Crippen LogP contribution in [0.4, 0.5) is 5.69 Å². The van der Waals surface area contributed by atoms with Gasteiger partial charge in [-0.15, -0.1) is 0 Å². The van der Waals surface area contributed by atoms with Gasteiger partial charge in [0.05, 0.1) is 17.5 Å². The lowest BCUT2D eigenvalue weighted by Gasteiger charge is -2.24. The molecule has 2 heterocycles. The first kappa shape index (κ1) is 20.3. The summed E-state index contributed by atoms with van der Waals surface area (Å²) in [5, 5.41) is 0.969. The van der Waals surface area contributed by atoms with E-state index < -0.39 is 15.7 Å². The predicted octanol–water partition coefficient (Wildman–Crippen LogP) is 3.33. The lowest BCUT2D eigenvalue weighted by molar-refractivity contribution is -0.119. The highest BCUT2D eigenvalue weighted by Crippen LogP contribution is 2.41. The molecule has 0 saturated carbocycles. The van der Waals surface area contributed by atoms with Crippen molar-refractivity contribution < 1.29 is 17.9 Å². The van der Waals surface area contributed by atoms with E-state index in [0.29, 0.717) is 15.9 Å². The zero-order chi connectivity index (χ0) is 20.6. The van der Waals surface area contributed by atoms with Crippen LogP contribution in [-0.4, -0.2) is 48.9 Å². The molecule has 6 nitrogen and oxygen atoms in total. The molecule has 152 valence electrons. The van der Waals surface area contributed by atoms with Crippen molar-refractivity contribution >= 4 is 50.0 Å². The van der Waals surface area contributed by atoms with E-state index in [2.05, 4.69) is 4.99 Å². The minimum Gasteiger partial charge on any atom is -0.484 e. The molecule has 2 aromatic carbocycles. The number of carbonyl (C=O) groups is 1. The summed E-state index contributed by atoms with van der Waals surface area (Å²) in [7, 11) is -3.10. The van der Waals surface area contributed by atoms with E-state index in [4.69, 9.17) is 16.3 Å². The number of hydrogen-bond donors (Lipinski definition) is 0. The van der Waals surface area contributed by atoms with Crippen molar-refractivity contribution in [3.05, 3.63) is 59.1 Å². The minimum atomic E-state index is -3.10. The maximum absolute atomic E-state index is 12.4. The number of amides is 1. The summed E-state index contributed by atoms with van der Waals surface area (Å²) in [6.45, 7) is 1.76. The van der Waals surface area contributed by atoms with Gasteiger partial charge < -0.3 is 9.64 Å². The number of sulfone groups is 1. The summed E-state index contributed by atoms with van der Waals surface area (Å²) >= 11 is 7.19. The van der Waals surface area contributed by atoms with Crippen LogP contribution in [0.25, 0.3) is 0 Å². The molecule has 2 aliphatic heterocycles. The van der Waals surface area contributed by atoms with Gasteiger partial charge in [-0.05, 0) is 48.9 Å². The SMILES string of the molecule is Cc1cccc(N2C(=NC(=O)COc3ccc(Cl)cc3)SC3CS(=O)(=O)CC32)c1. The summed E-state index contributed by atoms with van der Waals surface area (Å²) < 4.78 is 29.7. The molecule has 2 atom stereocenters. The molecule has 1 amide bonds. The fourth-order valence-electron chi connectivity index (χ4n) is 3.46. The molecule has 2 saturated heterocycles. The predicted molar refractivity (Wildman–Crippen MR) is 117 cm³/mol. The molecule has 0 spiro atoms. The van der Waals surface area contributed by atoms with Crippen LogP contribution in [0.2, 0.25) is 5.02 Å². The number of nitrogens with zero attached hydrogens (tertiary/aromatic N) is 2. The monoisotopic (exact) mass is 450 g/mol. The molecule has 0 bridgehead atoms. The van der Waals surface area contributed by atoms with Crippen LogP contribution in [0.15, 0.2) is 53.5 Å². The second kappa shape index (κ2) is 8.01. The third-order valence-corrected chi connectivity index (χ3v) is 8.20. The number of anilines is 1. The molecular weight excluding hydrogens is 432 g/mol. The number of halogens is 1. The van der Waals surface area contributed by atoms with Gasteiger partial charge in [-0.2, -0.15) is 4.99 Å². The van der Waals surface area contributed by atoms with E-state index in [1.807, 2.05) is 36.1 Å². The molecule has 29 heavy (non-hydrogen) atoms. The zero-order valence-corrected chi connectivity index (χ0v) is 18.0. The average molecular weight is 451 g/mol. The summed E-state index contributed by atoms with van der Waals surface area (Å²) in [6, 6.07) is 14.3. The lowest BCUT2D eigenvalue weighted by Crippen LogP contribution is -2.37. The normalized spacial score (nSPS) is 23.9. The highest BCUT2D eigenvalue weighted by molar-refractivity contribution is 8.16. The Hall–Kier alpha value is -2.03. The van der Waals surface area contributed by atoms with Gasteiger partial charge in [0.25, 0.3) is 5.91 Å². The van der Waals surface area contributed by atoms with Crippen molar-refractivity contribution in [3.8, 4) is 5.75 Å². The van der Waals surface area contributed by atoms with Crippen LogP contribution in [0.1, 0.15) is 5.56 Å². The van der Waals surface area contributed by atoms with Gasteiger partial charge in [0, 0.05) is 16.0 Å². The number of hydrogen-bond acceptors (Lipinski definition) is 5. The van der Waals surface area contributed by atoms with Crippen molar-refractivity contribution in [1.82, 2.24) is 0 Å². The van der Waals surface area contributed by atoms with E-state index in [1.54, 1.807) is 24.3 Å². The summed E-state index contributed by atoms with van der Waals surface area (Å²) in [4.78, 5) is 18.6. The Morgan fingerprint density at radius 3 is 2.72 bits per heavy atom. The first-order valence-electron chi connectivity index (χ1n) is 9.04. The van der Waals surface area contributed by atoms with Gasteiger partial charge >= 0.3 is 0 Å². The second-order valence-electron chi connectivity index (χ2n) is 7.04. The fourth-order valence-corrected chi connectivity index (χ4v) is 7.52. The third-order valence-electron chi connectivity index (χ3n) is 4.74. The number of aryl methyl sites for hydroxylation is 1. The van der Waals surface area contributed by atoms with E-state index in [9.17, 15) is 13.2 Å². The van der Waals surface area contributed by atoms with Gasteiger partial charge in [-0.25, -0.2) is 8.42 Å². The number of aliphatic imine (C=N–C) groups is 1. The Morgan fingerprint density at radius 1 is 1.24 bits per heavy atom. The molecular formula is C20H19ClN2O4S2. The van der Waals surface area contributed by atoms with Gasteiger partial charge in [-0.1, -0.05) is 35.5 Å². The Morgan fingerprint density at radius 2 is 2.00 bits per heavy atom. The van der Waals surface area contributed by atoms with Gasteiger partial charge in [0.15, 0.2) is 21.6 Å². The molecule has 2 aromatic rings. The van der Waals surface area contributed by atoms with Crippen LogP contribution in [0.5, 0.6) is 5.75 Å². The van der Waals surface area contributed by atoms with Crippen LogP contribution in [0.3, 0.4) is 0 Å². The Balaban J connectivity index is 1.56. The first-order valence-corrected chi connectivity index (χ1v) is 12.1. The standard InChI is InChI=1S/C20H19ClN2O4S2/c1-13-3-2-4-15(9-13)23-17-11-29(25,26)12-18(17)28-20(23)22-19(24)10-27-16-7-5-14(21)6-8-16/h2-9,17-18H,10-12H2,1H3. The number of carbonyl (C=O) groups excluding carboxylic acids is 1. The maximum atomic E-state index is 12.4. The maximum Gasteiger partial charge on any atom is 0.285 e. The molecule has 0 aromatic heterocycles. The smallest absolute Gasteiger partial charge is 0.285 e. The number of rotatable bonds is 4. The van der Waals surface area contributed by atoms with Crippen LogP contribution in [0, 0.1) is 6.92 Å². The number of fused-ring (bicyclic) bond motifs is 1. The molecule has 4 rings (SSSR count). The summed E-state index contributed by atoms with van der Waals surface area (Å²) in [5.41, 5.74) is 1.89. The molecule has 2 fully saturated rings. The topological polar surface area (TPSA) is 76.0 Å². The number of amidine groups is 1. The molecule has 2 unspecified atom stereocenters.